The summed E-state index contributed by atoms with van der Waals surface area (Å²) in [4.78, 5) is 13.2. The summed E-state index contributed by atoms with van der Waals surface area (Å²) in [5.41, 5.74) is 0. The Bertz CT molecular complexity index is 1220. The lowest BCUT2D eigenvalue weighted by molar-refractivity contribution is -0.303. The second kappa shape index (κ2) is 53.5. The van der Waals surface area contributed by atoms with E-state index in [1.807, 2.05) is 0 Å². The van der Waals surface area contributed by atoms with Gasteiger partial charge in [0.05, 0.1) is 25.4 Å². The molecule has 1 rings (SSSR count). The van der Waals surface area contributed by atoms with Crippen molar-refractivity contribution in [1.82, 2.24) is 5.32 Å². The van der Waals surface area contributed by atoms with Crippen molar-refractivity contribution in [2.75, 3.05) is 13.2 Å². The van der Waals surface area contributed by atoms with Gasteiger partial charge in [-0.2, -0.15) is 0 Å². The molecule has 1 heterocycles. The molecule has 1 amide bonds. The molecule has 1 fully saturated rings. The van der Waals surface area contributed by atoms with Crippen LogP contribution in [-0.4, -0.2) is 110 Å². The largest absolute Gasteiger partial charge is 0.394 e. The average Bonchev–Trinajstić information content (AvgIpc) is 3.41. The fourth-order valence-electron chi connectivity index (χ4n) is 10.8. The van der Waals surface area contributed by atoms with Crippen LogP contribution in [0.4, 0.5) is 0 Å². The number of allylic oxidation sites excluding steroid dienone is 2. The van der Waals surface area contributed by atoms with Crippen molar-refractivity contribution in [3.8, 4) is 0 Å². The predicted molar refractivity (Wildman–Crippen MR) is 312 cm³/mol. The lowest BCUT2D eigenvalue weighted by Gasteiger charge is -2.40. The van der Waals surface area contributed by atoms with Gasteiger partial charge in [-0.1, -0.05) is 296 Å². The number of aliphatic hydroxyl groups excluding tert-OH is 7. The molecule has 9 atom stereocenters. The van der Waals surface area contributed by atoms with Crippen LogP contribution in [0.2, 0.25) is 0 Å². The molecular weight excluding hydrogens is 943 g/mol. The Balaban J connectivity index is 2.21. The minimum Gasteiger partial charge on any atom is -0.394 e. The standard InChI is InChI=1S/C64H125NO10/c1-3-5-7-9-11-13-15-17-19-21-23-24-25-26-27-28-29-30-31-32-33-34-36-38-40-42-44-46-48-50-52-57(68)63(73)65-55(54-74-64-62(72)61(71)60(70)58(53-66)75-64)59(69)56(67)51-49-47-45-43-41-39-37-35-22-20-18-16-14-12-10-8-6-4-2/h43,45,55-62,64,66-72H,3-42,44,46-54H2,1-2H3,(H,65,73)/b45-43+. The van der Waals surface area contributed by atoms with Gasteiger partial charge in [0, 0.05) is 0 Å². The molecule has 1 saturated heterocycles. The number of amides is 1. The number of carbonyl (C=O) groups excluding carboxylic acids is 1. The molecule has 1 aliphatic heterocycles. The highest BCUT2D eigenvalue weighted by molar-refractivity contribution is 5.80. The van der Waals surface area contributed by atoms with Gasteiger partial charge in [0.2, 0.25) is 5.91 Å². The van der Waals surface area contributed by atoms with Gasteiger partial charge in [-0.25, -0.2) is 0 Å². The van der Waals surface area contributed by atoms with E-state index in [2.05, 4.69) is 31.3 Å². The topological polar surface area (TPSA) is 189 Å². The van der Waals surface area contributed by atoms with Gasteiger partial charge in [0.15, 0.2) is 6.29 Å². The molecule has 0 aliphatic carbocycles. The molecule has 0 radical (unpaired) electrons. The number of ether oxygens (including phenoxy) is 2. The Kier molecular flexibility index (Phi) is 51.3. The molecule has 0 bridgehead atoms. The highest BCUT2D eigenvalue weighted by Gasteiger charge is 2.44. The summed E-state index contributed by atoms with van der Waals surface area (Å²) in [6.07, 6.45) is 52.9. The lowest BCUT2D eigenvalue weighted by atomic mass is 9.98. The summed E-state index contributed by atoms with van der Waals surface area (Å²) < 4.78 is 11.2. The van der Waals surface area contributed by atoms with Crippen molar-refractivity contribution in [3.63, 3.8) is 0 Å². The number of unbranched alkanes of at least 4 members (excludes halogenated alkanes) is 43. The van der Waals surface area contributed by atoms with Gasteiger partial charge in [0.25, 0.3) is 0 Å². The highest BCUT2D eigenvalue weighted by atomic mass is 16.7. The van der Waals surface area contributed by atoms with Crippen LogP contribution >= 0.6 is 0 Å². The zero-order chi connectivity index (χ0) is 54.7. The summed E-state index contributed by atoms with van der Waals surface area (Å²) >= 11 is 0. The molecule has 446 valence electrons. The zero-order valence-electron chi connectivity index (χ0n) is 49.1. The van der Waals surface area contributed by atoms with E-state index >= 15 is 0 Å². The third kappa shape index (κ3) is 41.5. The first-order chi connectivity index (χ1) is 36.7. The van der Waals surface area contributed by atoms with Crippen molar-refractivity contribution in [1.29, 1.82) is 0 Å². The molecule has 11 heteroatoms. The molecule has 0 aromatic heterocycles. The van der Waals surface area contributed by atoms with Crippen LogP contribution in [0.15, 0.2) is 12.2 Å². The van der Waals surface area contributed by atoms with Crippen LogP contribution < -0.4 is 5.32 Å². The number of aliphatic hydroxyl groups is 7. The number of carbonyl (C=O) groups is 1. The number of rotatable bonds is 57. The number of nitrogens with one attached hydrogen (secondary N) is 1. The summed E-state index contributed by atoms with van der Waals surface area (Å²) in [5, 5.41) is 76.3. The number of hydrogen-bond acceptors (Lipinski definition) is 10. The quantitative estimate of drug-likeness (QED) is 0.0215. The van der Waals surface area contributed by atoms with Crippen LogP contribution in [-0.2, 0) is 14.3 Å². The van der Waals surface area contributed by atoms with E-state index in [0.29, 0.717) is 12.8 Å². The first-order valence-corrected chi connectivity index (χ1v) is 32.6. The SMILES string of the molecule is CCCCCCCCCCCCCCC/C=C/CCCC(O)C(O)C(COC1OC(CO)C(O)C(O)C1O)NC(=O)C(O)CCCCCCCCCCCCCCCCCCCCCCCCCCCCCCCC. The van der Waals surface area contributed by atoms with Crippen LogP contribution in [0, 0.1) is 0 Å². The van der Waals surface area contributed by atoms with E-state index < -0.39 is 74.2 Å². The summed E-state index contributed by atoms with van der Waals surface area (Å²) in [6.45, 7) is 3.49. The Morgan fingerprint density at radius 3 is 1.15 bits per heavy atom. The third-order valence-corrected chi connectivity index (χ3v) is 16.1. The second-order valence-corrected chi connectivity index (χ2v) is 23.2. The molecular formula is C64H125NO10. The first kappa shape index (κ1) is 71.9. The Morgan fingerprint density at radius 2 is 0.787 bits per heavy atom. The fourth-order valence-corrected chi connectivity index (χ4v) is 10.8. The number of hydrogen-bond donors (Lipinski definition) is 8. The van der Waals surface area contributed by atoms with Crippen molar-refractivity contribution < 1.29 is 50.0 Å². The van der Waals surface area contributed by atoms with Crippen molar-refractivity contribution >= 4 is 5.91 Å². The van der Waals surface area contributed by atoms with E-state index in [1.54, 1.807) is 0 Å². The fraction of sp³-hybridized carbons (Fsp3) is 0.953. The van der Waals surface area contributed by atoms with Crippen LogP contribution in [0.3, 0.4) is 0 Å². The summed E-state index contributed by atoms with van der Waals surface area (Å²) in [6, 6.07) is -1.18. The van der Waals surface area contributed by atoms with E-state index in [0.717, 1.165) is 38.5 Å². The van der Waals surface area contributed by atoms with Crippen molar-refractivity contribution in [2.45, 2.75) is 377 Å². The van der Waals surface area contributed by atoms with E-state index in [9.17, 15) is 40.5 Å². The molecule has 75 heavy (non-hydrogen) atoms. The maximum absolute atomic E-state index is 13.2. The molecule has 9 unspecified atom stereocenters. The molecule has 0 saturated carbocycles. The Hall–Kier alpha value is -1.15. The van der Waals surface area contributed by atoms with Gasteiger partial charge in [-0.3, -0.25) is 4.79 Å². The smallest absolute Gasteiger partial charge is 0.249 e. The van der Waals surface area contributed by atoms with Crippen LogP contribution in [0.5, 0.6) is 0 Å². The summed E-state index contributed by atoms with van der Waals surface area (Å²) in [7, 11) is 0. The maximum atomic E-state index is 13.2. The van der Waals surface area contributed by atoms with E-state index in [-0.39, 0.29) is 12.8 Å². The molecule has 1 aliphatic rings. The maximum Gasteiger partial charge on any atom is 0.249 e. The van der Waals surface area contributed by atoms with Gasteiger partial charge in [0.1, 0.15) is 36.6 Å². The van der Waals surface area contributed by atoms with E-state index in [1.165, 1.54) is 244 Å². The average molecular weight is 1070 g/mol. The van der Waals surface area contributed by atoms with Crippen molar-refractivity contribution in [3.05, 3.63) is 12.2 Å². The minimum atomic E-state index is -1.67. The van der Waals surface area contributed by atoms with Crippen LogP contribution in [0.25, 0.3) is 0 Å². The zero-order valence-corrected chi connectivity index (χ0v) is 49.1. The third-order valence-electron chi connectivity index (χ3n) is 16.1. The second-order valence-electron chi connectivity index (χ2n) is 23.2. The minimum absolute atomic E-state index is 0.260. The van der Waals surface area contributed by atoms with Gasteiger partial charge < -0.3 is 50.5 Å². The molecule has 0 aromatic carbocycles. The Morgan fingerprint density at radius 1 is 0.453 bits per heavy atom. The predicted octanol–water partition coefficient (Wildman–Crippen LogP) is 14.7. The van der Waals surface area contributed by atoms with Gasteiger partial charge in [-0.05, 0) is 38.5 Å². The molecule has 0 aromatic rings. The normalized spacial score (nSPS) is 19.7. The highest BCUT2D eigenvalue weighted by Crippen LogP contribution is 2.24. The molecule has 11 nitrogen and oxygen atoms in total. The van der Waals surface area contributed by atoms with Crippen LogP contribution in [0.1, 0.15) is 322 Å². The van der Waals surface area contributed by atoms with Crippen molar-refractivity contribution in [2.24, 2.45) is 0 Å². The molecule has 8 N–H and O–H groups in total. The summed E-state index contributed by atoms with van der Waals surface area (Å²) in [5.74, 6) is -0.699. The lowest BCUT2D eigenvalue weighted by Crippen LogP contribution is -2.60. The first-order valence-electron chi connectivity index (χ1n) is 32.6. The van der Waals surface area contributed by atoms with E-state index in [4.69, 9.17) is 9.47 Å². The van der Waals surface area contributed by atoms with Gasteiger partial charge >= 0.3 is 0 Å². The molecule has 0 spiro atoms. The Labute approximate surface area is 462 Å². The van der Waals surface area contributed by atoms with Gasteiger partial charge in [-0.15, -0.1) is 0 Å². The monoisotopic (exact) mass is 1070 g/mol.